The number of nitrogens with zero attached hydrogens (tertiary/aromatic N) is 2. The van der Waals surface area contributed by atoms with Gasteiger partial charge in [-0.25, -0.2) is 9.23 Å². The van der Waals surface area contributed by atoms with Gasteiger partial charge in [0.1, 0.15) is 0 Å². The van der Waals surface area contributed by atoms with Crippen molar-refractivity contribution in [2.24, 2.45) is 0 Å². The van der Waals surface area contributed by atoms with E-state index >= 15 is 0 Å². The zero-order chi connectivity index (χ0) is 18.8. The highest BCUT2D eigenvalue weighted by Gasteiger charge is 2.25. The number of hydrogen-bond acceptors (Lipinski definition) is 6. The van der Waals surface area contributed by atoms with Crippen molar-refractivity contribution in [3.05, 3.63) is 47.1 Å². The third-order valence-electron chi connectivity index (χ3n) is 4.81. The molecule has 4 rings (SSSR count). The summed E-state index contributed by atoms with van der Waals surface area (Å²) in [5.41, 5.74) is 1.57. The summed E-state index contributed by atoms with van der Waals surface area (Å²) < 4.78 is 25.3. The molecule has 2 heterocycles. The Bertz CT molecular complexity index is 861. The van der Waals surface area contributed by atoms with Gasteiger partial charge in [0.05, 0.1) is 16.7 Å². The van der Waals surface area contributed by atoms with Crippen LogP contribution in [0, 0.1) is 10.7 Å². The van der Waals surface area contributed by atoms with Crippen LogP contribution in [0.1, 0.15) is 12.8 Å². The first-order chi connectivity index (χ1) is 13.1. The van der Waals surface area contributed by atoms with Gasteiger partial charge in [-0.05, 0) is 31.0 Å². The van der Waals surface area contributed by atoms with E-state index in [0.717, 1.165) is 36.6 Å². The number of piperidine rings is 1. The number of hydrogen-bond donors (Lipinski definition) is 1. The number of fused-ring (bicyclic) bond motifs is 1. The van der Waals surface area contributed by atoms with E-state index in [2.05, 4.69) is 10.2 Å². The summed E-state index contributed by atoms with van der Waals surface area (Å²) in [6.07, 6.45) is 1.93. The smallest absolute Gasteiger partial charge is 0.319 e. The molecule has 1 saturated heterocycles. The fourth-order valence-corrected chi connectivity index (χ4v) is 3.51. The minimum absolute atomic E-state index is 0.130. The van der Waals surface area contributed by atoms with Crippen LogP contribution in [-0.2, 0) is 4.84 Å². The number of benzene rings is 2. The fraction of sp³-hybridized carbons (Fsp3) is 0.368. The molecule has 27 heavy (non-hydrogen) atoms. The van der Waals surface area contributed by atoms with Gasteiger partial charge < -0.3 is 19.7 Å². The van der Waals surface area contributed by atoms with Crippen molar-refractivity contribution >= 4 is 17.1 Å². The van der Waals surface area contributed by atoms with Crippen molar-refractivity contribution in [3.63, 3.8) is 0 Å². The fourth-order valence-electron chi connectivity index (χ4n) is 3.51. The third-order valence-corrected chi connectivity index (χ3v) is 4.81. The SMILES string of the molecule is CO[N+](=O)c1ccc(N2CCCC(Nc3ccc4c(c3)OCO4)C2)c(F)c1. The lowest BCUT2D eigenvalue weighted by molar-refractivity contribution is -0.736. The summed E-state index contributed by atoms with van der Waals surface area (Å²) in [6, 6.07) is 10.3. The maximum atomic E-state index is 14.5. The van der Waals surface area contributed by atoms with E-state index in [-0.39, 0.29) is 23.4 Å². The van der Waals surface area contributed by atoms with Crippen LogP contribution < -0.4 is 19.7 Å². The highest BCUT2D eigenvalue weighted by atomic mass is 19.1. The monoisotopic (exact) mass is 374 g/mol. The van der Waals surface area contributed by atoms with Crippen LogP contribution in [0.25, 0.3) is 0 Å². The minimum Gasteiger partial charge on any atom is -0.454 e. The molecule has 0 saturated carbocycles. The highest BCUT2D eigenvalue weighted by Crippen LogP contribution is 2.35. The third kappa shape index (κ3) is 3.60. The minimum atomic E-state index is -0.436. The molecule has 142 valence electrons. The second kappa shape index (κ2) is 7.30. The van der Waals surface area contributed by atoms with Crippen LogP contribution in [0.4, 0.5) is 21.5 Å². The summed E-state index contributed by atoms with van der Waals surface area (Å²) in [6.45, 7) is 1.67. The molecule has 2 aliphatic heterocycles. The quantitative estimate of drug-likeness (QED) is 0.807. The Labute approximate surface area is 156 Å². The Hall–Kier alpha value is -3.03. The van der Waals surface area contributed by atoms with Gasteiger partial charge in [-0.3, -0.25) is 0 Å². The van der Waals surface area contributed by atoms with E-state index in [4.69, 9.17) is 9.47 Å². The van der Waals surface area contributed by atoms with Gasteiger partial charge in [0.2, 0.25) is 6.79 Å². The van der Waals surface area contributed by atoms with E-state index in [1.165, 1.54) is 13.2 Å². The Balaban J connectivity index is 1.46. The molecule has 1 unspecified atom stereocenters. The molecular formula is C19H21FN3O4+. The Morgan fingerprint density at radius 3 is 2.89 bits per heavy atom. The first-order valence-electron chi connectivity index (χ1n) is 8.86. The second-order valence-corrected chi connectivity index (χ2v) is 6.57. The number of anilines is 2. The van der Waals surface area contributed by atoms with Gasteiger partial charge in [-0.2, -0.15) is 0 Å². The average Bonchev–Trinajstić information content (AvgIpc) is 3.15. The number of halogens is 1. The molecular weight excluding hydrogens is 353 g/mol. The summed E-state index contributed by atoms with van der Waals surface area (Å²) in [5, 5.41) is 3.49. The van der Waals surface area contributed by atoms with Crippen molar-refractivity contribution < 1.29 is 23.6 Å². The van der Waals surface area contributed by atoms with Crippen LogP contribution in [-0.4, -0.2) is 38.0 Å². The molecule has 2 aromatic rings. The number of nitrogens with one attached hydrogen (secondary N) is 1. The van der Waals surface area contributed by atoms with Crippen LogP contribution in [0.2, 0.25) is 0 Å². The zero-order valence-electron chi connectivity index (χ0n) is 15.0. The molecule has 0 spiro atoms. The van der Waals surface area contributed by atoms with Crippen LogP contribution in [0.3, 0.4) is 0 Å². The van der Waals surface area contributed by atoms with E-state index in [0.29, 0.717) is 12.2 Å². The Morgan fingerprint density at radius 1 is 1.22 bits per heavy atom. The molecule has 1 N–H and O–H groups in total. The predicted molar refractivity (Wildman–Crippen MR) is 98.1 cm³/mol. The summed E-state index contributed by atoms with van der Waals surface area (Å²) in [7, 11) is 1.25. The van der Waals surface area contributed by atoms with Crippen molar-refractivity contribution in [3.8, 4) is 11.5 Å². The number of ether oxygens (including phenoxy) is 2. The maximum absolute atomic E-state index is 14.5. The van der Waals surface area contributed by atoms with Crippen LogP contribution >= 0.6 is 0 Å². The highest BCUT2D eigenvalue weighted by molar-refractivity contribution is 5.57. The lowest BCUT2D eigenvalue weighted by Gasteiger charge is -2.35. The topological polar surface area (TPSA) is 63.0 Å². The Morgan fingerprint density at radius 2 is 2.07 bits per heavy atom. The first-order valence-corrected chi connectivity index (χ1v) is 8.86. The molecule has 0 amide bonds. The summed E-state index contributed by atoms with van der Waals surface area (Å²) >= 11 is 0. The van der Waals surface area contributed by atoms with Crippen molar-refractivity contribution in [1.82, 2.24) is 0 Å². The zero-order valence-corrected chi connectivity index (χ0v) is 15.0. The molecule has 2 aromatic carbocycles. The summed E-state index contributed by atoms with van der Waals surface area (Å²) in [4.78, 5) is 18.3. The lowest BCUT2D eigenvalue weighted by Crippen LogP contribution is -2.42. The van der Waals surface area contributed by atoms with Crippen molar-refractivity contribution in [2.75, 3.05) is 37.2 Å². The van der Waals surface area contributed by atoms with Crippen molar-refractivity contribution in [2.45, 2.75) is 18.9 Å². The standard InChI is InChI=1S/C19H21FN3O4/c1-25-23(24)15-5-6-17(16(20)10-15)22-8-2-3-14(11-22)21-13-4-7-18-19(9-13)27-12-26-18/h4-7,9-10,14,21H,2-3,8,11-12H2,1H3/q+1. The summed E-state index contributed by atoms with van der Waals surface area (Å²) in [5.74, 6) is 1.04. The second-order valence-electron chi connectivity index (χ2n) is 6.57. The van der Waals surface area contributed by atoms with E-state index in [9.17, 15) is 9.30 Å². The molecule has 1 fully saturated rings. The molecule has 1 atom stereocenters. The lowest BCUT2D eigenvalue weighted by atomic mass is 10.0. The maximum Gasteiger partial charge on any atom is 0.319 e. The van der Waals surface area contributed by atoms with Crippen molar-refractivity contribution in [1.29, 1.82) is 0 Å². The molecule has 8 heteroatoms. The molecule has 0 aliphatic carbocycles. The van der Waals surface area contributed by atoms with Gasteiger partial charge in [-0.15, -0.1) is 0 Å². The predicted octanol–water partition coefficient (Wildman–Crippen LogP) is 3.61. The largest absolute Gasteiger partial charge is 0.454 e. The molecule has 0 bridgehead atoms. The molecule has 0 aromatic heterocycles. The number of rotatable bonds is 5. The van der Waals surface area contributed by atoms with Crippen LogP contribution in [0.5, 0.6) is 11.5 Å². The average molecular weight is 374 g/mol. The Kier molecular flexibility index (Phi) is 4.70. The van der Waals surface area contributed by atoms with E-state index < -0.39 is 5.82 Å². The van der Waals surface area contributed by atoms with Gasteiger partial charge in [-0.1, -0.05) is 0 Å². The van der Waals surface area contributed by atoms with Crippen LogP contribution in [0.15, 0.2) is 36.4 Å². The first kappa shape index (κ1) is 17.4. The van der Waals surface area contributed by atoms with Gasteiger partial charge in [0, 0.05) is 37.0 Å². The van der Waals surface area contributed by atoms with Gasteiger partial charge in [0.15, 0.2) is 24.4 Å². The van der Waals surface area contributed by atoms with E-state index in [1.807, 2.05) is 23.1 Å². The van der Waals surface area contributed by atoms with Gasteiger partial charge >= 0.3 is 5.69 Å². The van der Waals surface area contributed by atoms with E-state index in [1.54, 1.807) is 12.1 Å². The molecule has 7 nitrogen and oxygen atoms in total. The normalized spacial score (nSPS) is 18.3. The molecule has 0 radical (unpaired) electrons. The van der Waals surface area contributed by atoms with Gasteiger partial charge in [0.25, 0.3) is 4.92 Å². The molecule has 2 aliphatic rings.